The van der Waals surface area contributed by atoms with Crippen molar-refractivity contribution < 1.29 is 4.74 Å². The minimum absolute atomic E-state index is 0.110. The van der Waals surface area contributed by atoms with Crippen LogP contribution in [0.3, 0.4) is 0 Å². The van der Waals surface area contributed by atoms with Crippen LogP contribution in [0.2, 0.25) is 0 Å². The molecular formula is C11H18BrClO. The quantitative estimate of drug-likeness (QED) is 0.613. The molecule has 0 aromatic heterocycles. The van der Waals surface area contributed by atoms with Crippen molar-refractivity contribution in [2.75, 3.05) is 6.61 Å². The summed E-state index contributed by atoms with van der Waals surface area (Å²) in [7, 11) is 0. The molecule has 1 heterocycles. The van der Waals surface area contributed by atoms with Gasteiger partial charge in [-0.1, -0.05) is 35.2 Å². The Labute approximate surface area is 99.7 Å². The molecule has 0 amide bonds. The van der Waals surface area contributed by atoms with E-state index in [1.54, 1.807) is 0 Å². The minimum atomic E-state index is -0.129. The van der Waals surface area contributed by atoms with Crippen LogP contribution in [0.4, 0.5) is 0 Å². The number of hydrogen-bond acceptors (Lipinski definition) is 1. The van der Waals surface area contributed by atoms with E-state index in [1.807, 2.05) is 0 Å². The van der Waals surface area contributed by atoms with Gasteiger partial charge < -0.3 is 4.74 Å². The highest BCUT2D eigenvalue weighted by Gasteiger charge is 2.47. The average molecular weight is 282 g/mol. The Hall–Kier alpha value is 0.730. The van der Waals surface area contributed by atoms with E-state index >= 15 is 0 Å². The Bertz CT molecular complexity index is 211. The predicted molar refractivity (Wildman–Crippen MR) is 63.4 cm³/mol. The van der Waals surface area contributed by atoms with E-state index in [2.05, 4.69) is 22.9 Å². The summed E-state index contributed by atoms with van der Waals surface area (Å²) in [4.78, 5) is 0.166. The van der Waals surface area contributed by atoms with Crippen LogP contribution in [0.25, 0.3) is 0 Å². The summed E-state index contributed by atoms with van der Waals surface area (Å²) in [5.74, 6) is 0. The molecule has 0 radical (unpaired) electrons. The molecule has 0 bridgehead atoms. The topological polar surface area (TPSA) is 9.23 Å². The smallest absolute Gasteiger partial charge is 0.0700 e. The van der Waals surface area contributed by atoms with Gasteiger partial charge in [-0.15, -0.1) is 11.6 Å². The molecule has 14 heavy (non-hydrogen) atoms. The van der Waals surface area contributed by atoms with Crippen molar-refractivity contribution in [2.24, 2.45) is 0 Å². The third-order valence-electron chi connectivity index (χ3n) is 3.62. The molecule has 1 saturated carbocycles. The number of rotatable bonds is 0. The molecule has 2 rings (SSSR count). The second-order valence-electron chi connectivity index (χ2n) is 4.98. The maximum Gasteiger partial charge on any atom is 0.0700 e. The summed E-state index contributed by atoms with van der Waals surface area (Å²) < 4.78 is 6.02. The van der Waals surface area contributed by atoms with E-state index in [4.69, 9.17) is 16.3 Å². The Morgan fingerprint density at radius 1 is 1.29 bits per heavy atom. The van der Waals surface area contributed by atoms with Crippen molar-refractivity contribution >= 4 is 27.5 Å². The van der Waals surface area contributed by atoms with E-state index in [0.29, 0.717) is 4.83 Å². The van der Waals surface area contributed by atoms with Gasteiger partial charge in [0.25, 0.3) is 0 Å². The molecule has 2 atom stereocenters. The molecule has 1 aliphatic carbocycles. The van der Waals surface area contributed by atoms with Gasteiger partial charge in [-0.3, -0.25) is 0 Å². The lowest BCUT2D eigenvalue weighted by atomic mass is 9.76. The lowest BCUT2D eigenvalue weighted by molar-refractivity contribution is -0.105. The van der Waals surface area contributed by atoms with E-state index in [-0.39, 0.29) is 10.5 Å². The lowest BCUT2D eigenvalue weighted by Gasteiger charge is -2.48. The van der Waals surface area contributed by atoms with Crippen LogP contribution in [-0.4, -0.2) is 21.9 Å². The molecular weight excluding hydrogens is 263 g/mol. The van der Waals surface area contributed by atoms with Crippen LogP contribution in [0.5, 0.6) is 0 Å². The van der Waals surface area contributed by atoms with Gasteiger partial charge in [0.1, 0.15) is 0 Å². The SMILES string of the molecule is CC1(Cl)CC2(CCCCC2)OCC1Br. The molecule has 2 fully saturated rings. The van der Waals surface area contributed by atoms with E-state index in [1.165, 1.54) is 32.1 Å². The molecule has 2 unspecified atom stereocenters. The molecule has 82 valence electrons. The van der Waals surface area contributed by atoms with Crippen LogP contribution in [0, 0.1) is 0 Å². The van der Waals surface area contributed by atoms with Crippen LogP contribution >= 0.6 is 27.5 Å². The van der Waals surface area contributed by atoms with Gasteiger partial charge in [0.2, 0.25) is 0 Å². The lowest BCUT2D eigenvalue weighted by Crippen LogP contribution is -2.51. The summed E-state index contributed by atoms with van der Waals surface area (Å²) >= 11 is 10.1. The van der Waals surface area contributed by atoms with Gasteiger partial charge >= 0.3 is 0 Å². The summed E-state index contributed by atoms with van der Waals surface area (Å²) in [6.07, 6.45) is 7.38. The van der Waals surface area contributed by atoms with E-state index in [9.17, 15) is 0 Å². The van der Waals surface area contributed by atoms with E-state index < -0.39 is 0 Å². The van der Waals surface area contributed by atoms with Crippen molar-refractivity contribution in [1.82, 2.24) is 0 Å². The second kappa shape index (κ2) is 3.95. The zero-order chi connectivity index (χ0) is 10.2. The van der Waals surface area contributed by atoms with Crippen LogP contribution in [0.15, 0.2) is 0 Å². The maximum atomic E-state index is 6.52. The van der Waals surface area contributed by atoms with Crippen molar-refractivity contribution in [2.45, 2.75) is 60.8 Å². The highest BCUT2D eigenvalue weighted by molar-refractivity contribution is 9.09. The first-order chi connectivity index (χ1) is 6.54. The largest absolute Gasteiger partial charge is 0.374 e. The zero-order valence-electron chi connectivity index (χ0n) is 8.69. The Morgan fingerprint density at radius 2 is 1.93 bits per heavy atom. The highest BCUT2D eigenvalue weighted by atomic mass is 79.9. The van der Waals surface area contributed by atoms with Crippen LogP contribution in [0.1, 0.15) is 45.4 Å². The average Bonchev–Trinajstić information content (AvgIpc) is 2.13. The van der Waals surface area contributed by atoms with Gasteiger partial charge in [-0.2, -0.15) is 0 Å². The molecule has 1 spiro atoms. The summed E-state index contributed by atoms with van der Waals surface area (Å²) in [6.45, 7) is 2.90. The molecule has 3 heteroatoms. The van der Waals surface area contributed by atoms with Gasteiger partial charge in [-0.05, 0) is 26.2 Å². The summed E-state index contributed by atoms with van der Waals surface area (Å²) in [5, 5.41) is 0. The Kier molecular flexibility index (Phi) is 3.17. The maximum absolute atomic E-state index is 6.52. The fourth-order valence-electron chi connectivity index (χ4n) is 2.73. The number of ether oxygens (including phenoxy) is 1. The number of alkyl halides is 2. The molecule has 2 aliphatic rings. The van der Waals surface area contributed by atoms with Gasteiger partial charge in [-0.25, -0.2) is 0 Å². The highest BCUT2D eigenvalue weighted by Crippen LogP contribution is 2.46. The molecule has 0 aromatic carbocycles. The summed E-state index contributed by atoms with van der Waals surface area (Å²) in [5.41, 5.74) is 0.110. The van der Waals surface area contributed by atoms with Crippen LogP contribution in [-0.2, 0) is 4.74 Å². The predicted octanol–water partition coefficient (Wildman–Crippen LogP) is 3.87. The third-order valence-corrected chi connectivity index (χ3v) is 5.56. The normalized spacial score (nSPS) is 42.6. The monoisotopic (exact) mass is 280 g/mol. The zero-order valence-corrected chi connectivity index (χ0v) is 11.0. The molecule has 0 aromatic rings. The molecule has 1 nitrogen and oxygen atoms in total. The van der Waals surface area contributed by atoms with Crippen molar-refractivity contribution in [3.63, 3.8) is 0 Å². The first-order valence-electron chi connectivity index (χ1n) is 5.51. The number of halogens is 2. The third kappa shape index (κ3) is 2.12. The van der Waals surface area contributed by atoms with Crippen molar-refractivity contribution in [1.29, 1.82) is 0 Å². The van der Waals surface area contributed by atoms with Gasteiger partial charge in [0, 0.05) is 0 Å². The minimum Gasteiger partial charge on any atom is -0.374 e. The van der Waals surface area contributed by atoms with Crippen molar-refractivity contribution in [3.05, 3.63) is 0 Å². The fourth-order valence-corrected chi connectivity index (χ4v) is 3.33. The van der Waals surface area contributed by atoms with Crippen LogP contribution < -0.4 is 0 Å². The first-order valence-corrected chi connectivity index (χ1v) is 6.80. The van der Waals surface area contributed by atoms with E-state index in [0.717, 1.165) is 13.0 Å². The Morgan fingerprint density at radius 3 is 2.50 bits per heavy atom. The summed E-state index contributed by atoms with van der Waals surface area (Å²) in [6, 6.07) is 0. The first kappa shape index (κ1) is 11.2. The van der Waals surface area contributed by atoms with Gasteiger partial charge in [0.05, 0.1) is 21.9 Å². The van der Waals surface area contributed by atoms with Gasteiger partial charge in [0.15, 0.2) is 0 Å². The van der Waals surface area contributed by atoms with Crippen molar-refractivity contribution in [3.8, 4) is 0 Å². The Balaban J connectivity index is 2.07. The fraction of sp³-hybridized carbons (Fsp3) is 1.00. The standard InChI is InChI=1S/C11H18BrClO/c1-10(13)8-11(14-7-9(10)12)5-3-2-4-6-11/h9H,2-8H2,1H3. The number of hydrogen-bond donors (Lipinski definition) is 0. The molecule has 1 saturated heterocycles. The molecule has 1 aliphatic heterocycles. The molecule has 0 N–H and O–H groups in total. The second-order valence-corrected chi connectivity index (χ2v) is 6.95.